The van der Waals surface area contributed by atoms with E-state index in [4.69, 9.17) is 14.3 Å². The molecular formula is C13H14F3NO5. The Balaban J connectivity index is 2.15. The number of nitrogens with zero attached hydrogens (tertiary/aromatic N) is 1. The summed E-state index contributed by atoms with van der Waals surface area (Å²) in [5, 5.41) is 8.91. The van der Waals surface area contributed by atoms with Crippen molar-refractivity contribution in [2.24, 2.45) is 11.8 Å². The van der Waals surface area contributed by atoms with Crippen LogP contribution in [0.25, 0.3) is 0 Å². The van der Waals surface area contributed by atoms with E-state index in [1.807, 2.05) is 0 Å². The van der Waals surface area contributed by atoms with Gasteiger partial charge in [0, 0.05) is 20.2 Å². The predicted molar refractivity (Wildman–Crippen MR) is 66.0 cm³/mol. The Hall–Kier alpha value is -2.03. The third-order valence-corrected chi connectivity index (χ3v) is 3.50. The van der Waals surface area contributed by atoms with E-state index in [2.05, 4.69) is 0 Å². The van der Waals surface area contributed by atoms with E-state index in [0.717, 1.165) is 4.90 Å². The number of halogens is 3. The Morgan fingerprint density at radius 3 is 2.59 bits per heavy atom. The highest BCUT2D eigenvalue weighted by Crippen LogP contribution is 2.38. The van der Waals surface area contributed by atoms with Crippen LogP contribution in [0.4, 0.5) is 13.2 Å². The first-order valence-corrected chi connectivity index (χ1v) is 6.40. The highest BCUT2D eigenvalue weighted by atomic mass is 19.4. The Morgan fingerprint density at radius 1 is 1.41 bits per heavy atom. The van der Waals surface area contributed by atoms with E-state index in [0.29, 0.717) is 5.76 Å². The topological polar surface area (TPSA) is 80.0 Å². The normalized spacial score (nSPS) is 22.1. The molecule has 0 saturated carbocycles. The summed E-state index contributed by atoms with van der Waals surface area (Å²) < 4.78 is 48.6. The average Bonchev–Trinajstić information content (AvgIpc) is 3.04. The number of rotatable bonds is 4. The van der Waals surface area contributed by atoms with E-state index in [9.17, 15) is 22.8 Å². The van der Waals surface area contributed by atoms with Crippen LogP contribution in [0.2, 0.25) is 0 Å². The molecule has 1 aromatic rings. The second-order valence-corrected chi connectivity index (χ2v) is 5.00. The van der Waals surface area contributed by atoms with Crippen LogP contribution in [-0.2, 0) is 16.1 Å². The van der Waals surface area contributed by atoms with E-state index in [1.165, 1.54) is 19.2 Å². The second kappa shape index (κ2) is 5.99. The number of carboxylic acid groups (broad SMARTS) is 1. The molecule has 0 aliphatic carbocycles. The van der Waals surface area contributed by atoms with Gasteiger partial charge in [-0.25, -0.2) is 0 Å². The summed E-state index contributed by atoms with van der Waals surface area (Å²) in [5.74, 6) is -5.87. The first kappa shape index (κ1) is 16.3. The third-order valence-electron chi connectivity index (χ3n) is 3.50. The van der Waals surface area contributed by atoms with E-state index >= 15 is 0 Å². The Bertz CT molecular complexity index is 568. The molecule has 1 aromatic heterocycles. The fourth-order valence-corrected chi connectivity index (χ4v) is 2.42. The van der Waals surface area contributed by atoms with Crippen molar-refractivity contribution >= 4 is 11.9 Å². The van der Waals surface area contributed by atoms with Crippen LogP contribution in [0.5, 0.6) is 0 Å². The Labute approximate surface area is 123 Å². The second-order valence-electron chi connectivity index (χ2n) is 5.00. The van der Waals surface area contributed by atoms with Gasteiger partial charge in [-0.2, -0.15) is 13.2 Å². The monoisotopic (exact) mass is 321 g/mol. The van der Waals surface area contributed by atoms with Crippen molar-refractivity contribution in [3.63, 3.8) is 0 Å². The maximum Gasteiger partial charge on any atom is 0.394 e. The molecular weight excluding hydrogens is 307 g/mol. The molecule has 6 nitrogen and oxygen atoms in total. The van der Waals surface area contributed by atoms with Crippen LogP contribution in [0, 0.1) is 11.8 Å². The lowest BCUT2D eigenvalue weighted by molar-refractivity contribution is -0.187. The maximum absolute atomic E-state index is 12.9. The van der Waals surface area contributed by atoms with Gasteiger partial charge in [-0.15, -0.1) is 0 Å². The van der Waals surface area contributed by atoms with Crippen molar-refractivity contribution in [2.75, 3.05) is 20.2 Å². The highest BCUT2D eigenvalue weighted by Gasteiger charge is 2.53. The maximum atomic E-state index is 12.9. The summed E-state index contributed by atoms with van der Waals surface area (Å²) in [5.41, 5.74) is 0. The van der Waals surface area contributed by atoms with Crippen molar-refractivity contribution in [1.29, 1.82) is 0 Å². The lowest BCUT2D eigenvalue weighted by atomic mass is 9.96. The van der Waals surface area contributed by atoms with Crippen LogP contribution in [-0.4, -0.2) is 48.3 Å². The van der Waals surface area contributed by atoms with Crippen molar-refractivity contribution in [3.8, 4) is 0 Å². The number of alkyl halides is 3. The molecule has 0 spiro atoms. The van der Waals surface area contributed by atoms with Crippen molar-refractivity contribution in [1.82, 2.24) is 4.90 Å². The first-order chi connectivity index (χ1) is 10.2. The molecule has 2 rings (SSSR count). The number of likely N-dealkylation sites (tertiary alicyclic amines) is 1. The van der Waals surface area contributed by atoms with Gasteiger partial charge in [0.1, 0.15) is 12.4 Å². The smallest absolute Gasteiger partial charge is 0.394 e. The van der Waals surface area contributed by atoms with Gasteiger partial charge >= 0.3 is 12.1 Å². The molecule has 1 N–H and O–H groups in total. The quantitative estimate of drug-likeness (QED) is 0.914. The number of hydrogen-bond donors (Lipinski definition) is 1. The van der Waals surface area contributed by atoms with Gasteiger partial charge in [0.25, 0.3) is 5.91 Å². The number of hydrogen-bond acceptors (Lipinski definition) is 4. The third kappa shape index (κ3) is 3.24. The summed E-state index contributed by atoms with van der Waals surface area (Å²) >= 11 is 0. The minimum Gasteiger partial charge on any atom is -0.481 e. The molecule has 1 amide bonds. The van der Waals surface area contributed by atoms with Crippen molar-refractivity contribution < 1.29 is 37.0 Å². The van der Waals surface area contributed by atoms with Crippen molar-refractivity contribution in [2.45, 2.75) is 12.8 Å². The summed E-state index contributed by atoms with van der Waals surface area (Å²) in [6.07, 6.45) is -4.68. The minimum absolute atomic E-state index is 0.121. The van der Waals surface area contributed by atoms with Gasteiger partial charge in [-0.05, 0) is 12.1 Å². The molecule has 0 radical (unpaired) electrons. The zero-order valence-corrected chi connectivity index (χ0v) is 11.6. The van der Waals surface area contributed by atoms with Crippen LogP contribution in [0.1, 0.15) is 16.3 Å². The number of amides is 1. The van der Waals surface area contributed by atoms with Gasteiger partial charge in [0.05, 0.1) is 11.8 Å². The summed E-state index contributed by atoms with van der Waals surface area (Å²) in [7, 11) is 1.43. The SMILES string of the molecule is COCc1ccc(C(=O)N2C[C@@H](C(F)(F)F)[C@H](C(=O)O)C2)o1. The van der Waals surface area contributed by atoms with Gasteiger partial charge in [0.15, 0.2) is 5.76 Å². The Kier molecular flexibility index (Phi) is 4.45. The largest absolute Gasteiger partial charge is 0.481 e. The predicted octanol–water partition coefficient (Wildman–Crippen LogP) is 1.76. The highest BCUT2D eigenvalue weighted by molar-refractivity contribution is 5.92. The number of methoxy groups -OCH3 is 1. The summed E-state index contributed by atoms with van der Waals surface area (Å²) in [4.78, 5) is 24.0. The molecule has 1 aliphatic heterocycles. The van der Waals surface area contributed by atoms with E-state index < -0.39 is 43.0 Å². The fourth-order valence-electron chi connectivity index (χ4n) is 2.42. The first-order valence-electron chi connectivity index (χ1n) is 6.40. The molecule has 0 aromatic carbocycles. The molecule has 122 valence electrons. The molecule has 1 saturated heterocycles. The van der Waals surface area contributed by atoms with Crippen molar-refractivity contribution in [3.05, 3.63) is 23.7 Å². The van der Waals surface area contributed by atoms with Gasteiger partial charge < -0.3 is 19.2 Å². The molecule has 9 heteroatoms. The average molecular weight is 321 g/mol. The van der Waals surface area contributed by atoms with Gasteiger partial charge in [-0.3, -0.25) is 9.59 Å². The standard InChI is InChI=1S/C13H14F3NO5/c1-21-6-7-2-3-10(22-7)11(18)17-4-8(12(19)20)9(5-17)13(14,15)16/h2-3,8-9H,4-6H2,1H3,(H,19,20)/t8-,9-/m1/s1. The number of ether oxygens (including phenoxy) is 1. The lowest BCUT2D eigenvalue weighted by Crippen LogP contribution is -2.34. The molecule has 0 unspecified atom stereocenters. The van der Waals surface area contributed by atoms with Crippen LogP contribution < -0.4 is 0 Å². The molecule has 1 aliphatic rings. The number of furan rings is 1. The van der Waals surface area contributed by atoms with E-state index in [1.54, 1.807) is 0 Å². The van der Waals surface area contributed by atoms with E-state index in [-0.39, 0.29) is 12.4 Å². The minimum atomic E-state index is -4.68. The zero-order valence-electron chi connectivity index (χ0n) is 11.6. The van der Waals surface area contributed by atoms with Crippen LogP contribution in [0.3, 0.4) is 0 Å². The lowest BCUT2D eigenvalue weighted by Gasteiger charge is -2.17. The molecule has 1 fully saturated rings. The summed E-state index contributed by atoms with van der Waals surface area (Å²) in [6.45, 7) is -1.07. The number of carbonyl (C=O) groups excluding carboxylic acids is 1. The molecule has 0 bridgehead atoms. The fraction of sp³-hybridized carbons (Fsp3) is 0.538. The Morgan fingerprint density at radius 2 is 2.09 bits per heavy atom. The zero-order chi connectivity index (χ0) is 16.5. The van der Waals surface area contributed by atoms with Gasteiger partial charge in [0.2, 0.25) is 0 Å². The summed E-state index contributed by atoms with van der Waals surface area (Å²) in [6, 6.07) is 2.80. The van der Waals surface area contributed by atoms with Crippen LogP contribution in [0.15, 0.2) is 16.5 Å². The van der Waals surface area contributed by atoms with Crippen LogP contribution >= 0.6 is 0 Å². The number of carbonyl (C=O) groups is 2. The molecule has 2 atom stereocenters. The molecule has 22 heavy (non-hydrogen) atoms. The number of aliphatic carboxylic acids is 1. The number of carboxylic acids is 1. The van der Waals surface area contributed by atoms with Gasteiger partial charge in [-0.1, -0.05) is 0 Å². The molecule has 2 heterocycles.